The minimum Gasteiger partial charge on any atom is -0.353 e. The summed E-state index contributed by atoms with van der Waals surface area (Å²) in [6.45, 7) is 10.4. The van der Waals surface area contributed by atoms with Crippen molar-refractivity contribution in [2.24, 2.45) is 10.8 Å². The molecular formula is C21H30Cl2N2O. The van der Waals surface area contributed by atoms with E-state index in [1.54, 1.807) is 6.07 Å². The molecular weight excluding hydrogens is 367 g/mol. The summed E-state index contributed by atoms with van der Waals surface area (Å²) >= 11 is 12.0. The van der Waals surface area contributed by atoms with Gasteiger partial charge < -0.3 is 10.2 Å². The number of likely N-dealkylation sites (tertiary alicyclic amines) is 1. The number of carbonyl (C=O) groups is 1. The molecule has 1 aromatic carbocycles. The van der Waals surface area contributed by atoms with Crippen molar-refractivity contribution in [3.05, 3.63) is 33.8 Å². The van der Waals surface area contributed by atoms with Crippen LogP contribution in [-0.2, 0) is 11.2 Å². The van der Waals surface area contributed by atoms with Crippen molar-refractivity contribution in [2.75, 3.05) is 19.6 Å². The Balaban J connectivity index is 1.43. The first-order valence-corrected chi connectivity index (χ1v) is 10.4. The molecule has 1 aliphatic carbocycles. The lowest BCUT2D eigenvalue weighted by Gasteiger charge is -2.34. The van der Waals surface area contributed by atoms with Gasteiger partial charge in [-0.15, -0.1) is 0 Å². The number of benzene rings is 1. The molecule has 1 aliphatic heterocycles. The van der Waals surface area contributed by atoms with Gasteiger partial charge in [0.25, 0.3) is 0 Å². The maximum absolute atomic E-state index is 12.4. The largest absolute Gasteiger partial charge is 0.353 e. The van der Waals surface area contributed by atoms with E-state index in [1.807, 2.05) is 12.1 Å². The third-order valence-corrected chi connectivity index (χ3v) is 6.28. The maximum atomic E-state index is 12.4. The van der Waals surface area contributed by atoms with Gasteiger partial charge in [-0.2, -0.15) is 0 Å². The second-order valence-electron chi connectivity index (χ2n) is 9.29. The summed E-state index contributed by atoms with van der Waals surface area (Å²) in [6.07, 6.45) is 5.10. The summed E-state index contributed by atoms with van der Waals surface area (Å²) < 4.78 is 0. The average Bonchev–Trinajstić information content (AvgIpc) is 3.16. The van der Waals surface area contributed by atoms with Gasteiger partial charge in [0.05, 0.1) is 6.42 Å². The summed E-state index contributed by atoms with van der Waals surface area (Å²) in [4.78, 5) is 15.0. The van der Waals surface area contributed by atoms with Crippen molar-refractivity contribution in [3.8, 4) is 0 Å². The lowest BCUT2D eigenvalue weighted by atomic mass is 9.89. The van der Waals surface area contributed by atoms with E-state index in [2.05, 4.69) is 31.0 Å². The van der Waals surface area contributed by atoms with Crippen molar-refractivity contribution in [2.45, 2.75) is 58.9 Å². The van der Waals surface area contributed by atoms with Crippen LogP contribution < -0.4 is 5.32 Å². The molecule has 1 spiro atoms. The zero-order valence-electron chi connectivity index (χ0n) is 16.1. The summed E-state index contributed by atoms with van der Waals surface area (Å²) in [5.74, 6) is 0.0698. The second-order valence-corrected chi connectivity index (χ2v) is 10.2. The van der Waals surface area contributed by atoms with Crippen molar-refractivity contribution in [3.63, 3.8) is 0 Å². The van der Waals surface area contributed by atoms with Crippen LogP contribution in [0.25, 0.3) is 0 Å². The smallest absolute Gasteiger partial charge is 0.224 e. The summed E-state index contributed by atoms with van der Waals surface area (Å²) in [5, 5.41) is 4.38. The predicted octanol–water partition coefficient (Wildman–Crippen LogP) is 4.94. The normalized spacial score (nSPS) is 22.4. The molecule has 1 aromatic rings. The van der Waals surface area contributed by atoms with E-state index in [-0.39, 0.29) is 5.91 Å². The Bertz CT molecular complexity index is 640. The number of hydrogen-bond acceptors (Lipinski definition) is 2. The molecule has 1 saturated heterocycles. The summed E-state index contributed by atoms with van der Waals surface area (Å²) in [5.41, 5.74) is 1.61. The Morgan fingerprint density at radius 3 is 2.38 bits per heavy atom. The fourth-order valence-electron chi connectivity index (χ4n) is 3.96. The number of rotatable bonds is 5. The van der Waals surface area contributed by atoms with E-state index in [9.17, 15) is 4.79 Å². The van der Waals surface area contributed by atoms with Crippen molar-refractivity contribution in [1.29, 1.82) is 0 Å². The van der Waals surface area contributed by atoms with Gasteiger partial charge in [-0.3, -0.25) is 4.79 Å². The van der Waals surface area contributed by atoms with Crippen LogP contribution in [0.15, 0.2) is 18.2 Å². The van der Waals surface area contributed by atoms with Crippen molar-refractivity contribution in [1.82, 2.24) is 10.2 Å². The van der Waals surface area contributed by atoms with Crippen LogP contribution in [-0.4, -0.2) is 36.5 Å². The van der Waals surface area contributed by atoms with Gasteiger partial charge in [-0.25, -0.2) is 0 Å². The Morgan fingerprint density at radius 2 is 1.81 bits per heavy atom. The first kappa shape index (κ1) is 20.0. The first-order valence-electron chi connectivity index (χ1n) is 9.62. The van der Waals surface area contributed by atoms with E-state index in [0.717, 1.165) is 25.1 Å². The third-order valence-electron chi connectivity index (χ3n) is 5.84. The molecule has 1 unspecified atom stereocenters. The molecule has 1 amide bonds. The van der Waals surface area contributed by atoms with Crippen LogP contribution in [0.1, 0.15) is 52.0 Å². The highest BCUT2D eigenvalue weighted by Gasteiger charge is 2.55. The molecule has 1 N–H and O–H groups in total. The van der Waals surface area contributed by atoms with Crippen LogP contribution in [0.4, 0.5) is 0 Å². The van der Waals surface area contributed by atoms with Gasteiger partial charge in [0.15, 0.2) is 0 Å². The first-order chi connectivity index (χ1) is 12.2. The predicted molar refractivity (Wildman–Crippen MR) is 109 cm³/mol. The topological polar surface area (TPSA) is 32.3 Å². The maximum Gasteiger partial charge on any atom is 0.224 e. The highest BCUT2D eigenvalue weighted by molar-refractivity contribution is 6.34. The highest BCUT2D eigenvalue weighted by atomic mass is 35.5. The number of hydrogen-bond donors (Lipinski definition) is 1. The lowest BCUT2D eigenvalue weighted by molar-refractivity contribution is -0.120. The number of piperidine rings is 1. The van der Waals surface area contributed by atoms with Crippen molar-refractivity contribution < 1.29 is 4.79 Å². The molecule has 1 heterocycles. The van der Waals surface area contributed by atoms with Gasteiger partial charge in [-0.05, 0) is 79.9 Å². The SMILES string of the molecule is CC(C)(C)CCN1CCC2(CC1)CC2NC(=O)Cc1cc(Cl)cc(Cl)c1. The summed E-state index contributed by atoms with van der Waals surface area (Å²) in [6, 6.07) is 5.65. The van der Waals surface area contributed by atoms with Crippen LogP contribution >= 0.6 is 23.2 Å². The zero-order chi connectivity index (χ0) is 18.9. The van der Waals surface area contributed by atoms with Crippen LogP contribution in [0.2, 0.25) is 10.0 Å². The van der Waals surface area contributed by atoms with Gasteiger partial charge in [0.1, 0.15) is 0 Å². The Morgan fingerprint density at radius 1 is 1.19 bits per heavy atom. The van der Waals surface area contributed by atoms with Crippen molar-refractivity contribution >= 4 is 29.1 Å². The molecule has 3 nitrogen and oxygen atoms in total. The Labute approximate surface area is 167 Å². The highest BCUT2D eigenvalue weighted by Crippen LogP contribution is 2.53. The molecule has 0 aromatic heterocycles. The molecule has 5 heteroatoms. The fourth-order valence-corrected chi connectivity index (χ4v) is 4.53. The molecule has 2 aliphatic rings. The molecule has 0 bridgehead atoms. The van der Waals surface area contributed by atoms with Crippen LogP contribution in [0.5, 0.6) is 0 Å². The molecule has 144 valence electrons. The third kappa shape index (κ3) is 5.37. The lowest BCUT2D eigenvalue weighted by Crippen LogP contribution is -2.40. The van der Waals surface area contributed by atoms with Crippen LogP contribution in [0, 0.1) is 10.8 Å². The van der Waals surface area contributed by atoms with E-state index in [0.29, 0.717) is 33.3 Å². The van der Waals surface area contributed by atoms with Gasteiger partial charge in [0, 0.05) is 16.1 Å². The van der Waals surface area contributed by atoms with Gasteiger partial charge in [-0.1, -0.05) is 44.0 Å². The monoisotopic (exact) mass is 396 g/mol. The molecule has 0 radical (unpaired) electrons. The Kier molecular flexibility index (Phi) is 5.91. The number of nitrogens with zero attached hydrogens (tertiary/aromatic N) is 1. The second kappa shape index (κ2) is 7.69. The van der Waals surface area contributed by atoms with E-state index < -0.39 is 0 Å². The standard InChI is InChI=1S/C21H30Cl2N2O/c1-20(2,3)4-7-25-8-5-21(6-9-25)14-18(21)24-19(26)12-15-10-16(22)13-17(23)11-15/h10-11,13,18H,4-9,12,14H2,1-3H3,(H,24,26). The number of carbonyl (C=O) groups excluding carboxylic acids is 1. The Hall–Kier alpha value is -0.770. The van der Waals surface area contributed by atoms with Crippen LogP contribution in [0.3, 0.4) is 0 Å². The van der Waals surface area contributed by atoms with Gasteiger partial charge >= 0.3 is 0 Å². The molecule has 1 atom stereocenters. The molecule has 2 fully saturated rings. The quantitative estimate of drug-likeness (QED) is 0.763. The molecule has 1 saturated carbocycles. The minimum absolute atomic E-state index is 0.0698. The number of halogens is 2. The molecule has 3 rings (SSSR count). The molecule has 26 heavy (non-hydrogen) atoms. The zero-order valence-corrected chi connectivity index (χ0v) is 17.6. The number of nitrogens with one attached hydrogen (secondary N) is 1. The number of amides is 1. The fraction of sp³-hybridized carbons (Fsp3) is 0.667. The van der Waals surface area contributed by atoms with E-state index >= 15 is 0 Å². The average molecular weight is 397 g/mol. The minimum atomic E-state index is 0.0698. The summed E-state index contributed by atoms with van der Waals surface area (Å²) in [7, 11) is 0. The van der Waals surface area contributed by atoms with Gasteiger partial charge in [0.2, 0.25) is 5.91 Å². The van der Waals surface area contributed by atoms with E-state index in [1.165, 1.54) is 25.8 Å². The van der Waals surface area contributed by atoms with E-state index in [4.69, 9.17) is 23.2 Å².